The lowest BCUT2D eigenvalue weighted by molar-refractivity contribution is -0.139. The fourth-order valence-electron chi connectivity index (χ4n) is 3.28. The van der Waals surface area contributed by atoms with E-state index in [1.807, 2.05) is 30.3 Å². The van der Waals surface area contributed by atoms with E-state index in [-0.39, 0.29) is 24.8 Å². The SMILES string of the molecule is CC(=O)c1cccc(OC(C)C(=O)N2CCN(S(=O)(=O)/C=C/c3ccccc3)CC2)c1. The van der Waals surface area contributed by atoms with E-state index in [1.165, 1.54) is 16.6 Å². The number of hydrogen-bond acceptors (Lipinski definition) is 5. The van der Waals surface area contributed by atoms with E-state index in [0.29, 0.717) is 24.4 Å². The van der Waals surface area contributed by atoms with E-state index in [0.717, 1.165) is 5.56 Å². The highest BCUT2D eigenvalue weighted by Gasteiger charge is 2.30. The minimum atomic E-state index is -3.56. The predicted molar refractivity (Wildman–Crippen MR) is 119 cm³/mol. The van der Waals surface area contributed by atoms with Crippen LogP contribution >= 0.6 is 0 Å². The van der Waals surface area contributed by atoms with E-state index in [1.54, 1.807) is 42.2 Å². The van der Waals surface area contributed by atoms with Crippen molar-refractivity contribution in [2.24, 2.45) is 0 Å². The molecule has 1 unspecified atom stereocenters. The fraction of sp³-hybridized carbons (Fsp3) is 0.304. The highest BCUT2D eigenvalue weighted by atomic mass is 32.2. The zero-order valence-corrected chi connectivity index (χ0v) is 18.4. The van der Waals surface area contributed by atoms with Crippen LogP contribution in [0, 0.1) is 0 Å². The van der Waals surface area contributed by atoms with Crippen molar-refractivity contribution in [2.45, 2.75) is 20.0 Å². The molecule has 0 aliphatic carbocycles. The number of piperazine rings is 1. The monoisotopic (exact) mass is 442 g/mol. The molecule has 0 spiro atoms. The van der Waals surface area contributed by atoms with Crippen LogP contribution in [0.2, 0.25) is 0 Å². The molecule has 0 aromatic heterocycles. The lowest BCUT2D eigenvalue weighted by Crippen LogP contribution is -2.52. The first kappa shape index (κ1) is 22.7. The second kappa shape index (κ2) is 9.89. The molecule has 1 heterocycles. The van der Waals surface area contributed by atoms with Gasteiger partial charge in [0.05, 0.1) is 0 Å². The molecule has 1 amide bonds. The topological polar surface area (TPSA) is 84.0 Å². The van der Waals surface area contributed by atoms with Gasteiger partial charge in [-0.1, -0.05) is 42.5 Å². The Morgan fingerprint density at radius 2 is 1.68 bits per heavy atom. The van der Waals surface area contributed by atoms with Crippen LogP contribution in [0.25, 0.3) is 6.08 Å². The molecule has 0 N–H and O–H groups in total. The number of Topliss-reactive ketones (excluding diaryl/α,β-unsaturated/α-hetero) is 1. The second-order valence-electron chi connectivity index (χ2n) is 7.33. The van der Waals surface area contributed by atoms with E-state index in [4.69, 9.17) is 4.74 Å². The maximum absolute atomic E-state index is 12.7. The Bertz CT molecular complexity index is 1060. The number of ketones is 1. The van der Waals surface area contributed by atoms with Gasteiger partial charge in [-0.15, -0.1) is 0 Å². The van der Waals surface area contributed by atoms with Gasteiger partial charge in [0, 0.05) is 37.2 Å². The molecule has 7 nitrogen and oxygen atoms in total. The first-order valence-electron chi connectivity index (χ1n) is 10.1. The number of carbonyl (C=O) groups is 2. The molecule has 1 saturated heterocycles. The Labute approximate surface area is 183 Å². The zero-order valence-electron chi connectivity index (χ0n) is 17.6. The fourth-order valence-corrected chi connectivity index (χ4v) is 4.45. The summed E-state index contributed by atoms with van der Waals surface area (Å²) in [5.41, 5.74) is 1.32. The van der Waals surface area contributed by atoms with E-state index in [9.17, 15) is 18.0 Å². The number of hydrogen-bond donors (Lipinski definition) is 0. The third-order valence-electron chi connectivity index (χ3n) is 5.04. The van der Waals surface area contributed by atoms with Crippen molar-refractivity contribution in [3.8, 4) is 5.75 Å². The summed E-state index contributed by atoms with van der Waals surface area (Å²) in [6, 6.07) is 15.9. The Morgan fingerprint density at radius 3 is 2.32 bits per heavy atom. The lowest BCUT2D eigenvalue weighted by Gasteiger charge is -2.34. The molecule has 2 aromatic rings. The van der Waals surface area contributed by atoms with Gasteiger partial charge < -0.3 is 9.64 Å². The van der Waals surface area contributed by atoms with Gasteiger partial charge in [-0.25, -0.2) is 8.42 Å². The first-order chi connectivity index (χ1) is 14.8. The molecule has 31 heavy (non-hydrogen) atoms. The normalized spacial score (nSPS) is 16.3. The van der Waals surface area contributed by atoms with Crippen LogP contribution < -0.4 is 4.74 Å². The molecule has 8 heteroatoms. The number of amides is 1. The maximum atomic E-state index is 12.7. The predicted octanol–water partition coefficient (Wildman–Crippen LogP) is 2.80. The number of nitrogens with zero attached hydrogens (tertiary/aromatic N) is 2. The Kier molecular flexibility index (Phi) is 7.25. The number of sulfonamides is 1. The summed E-state index contributed by atoms with van der Waals surface area (Å²) < 4.78 is 32.3. The van der Waals surface area contributed by atoms with Gasteiger partial charge in [0.15, 0.2) is 11.9 Å². The molecule has 1 aliphatic rings. The second-order valence-corrected chi connectivity index (χ2v) is 9.15. The lowest BCUT2D eigenvalue weighted by atomic mass is 10.1. The molecule has 0 bridgehead atoms. The van der Waals surface area contributed by atoms with Crippen LogP contribution in [0.5, 0.6) is 5.75 Å². The van der Waals surface area contributed by atoms with E-state index >= 15 is 0 Å². The van der Waals surface area contributed by atoms with Crippen LogP contribution in [-0.2, 0) is 14.8 Å². The van der Waals surface area contributed by atoms with Gasteiger partial charge in [0.1, 0.15) is 5.75 Å². The summed E-state index contributed by atoms with van der Waals surface area (Å²) in [5.74, 6) is 0.147. The zero-order chi connectivity index (χ0) is 22.4. The minimum Gasteiger partial charge on any atom is -0.481 e. The summed E-state index contributed by atoms with van der Waals surface area (Å²) in [6.07, 6.45) is 0.820. The highest BCUT2D eigenvalue weighted by molar-refractivity contribution is 7.92. The molecule has 1 atom stereocenters. The van der Waals surface area contributed by atoms with Crippen molar-refractivity contribution >= 4 is 27.8 Å². The van der Waals surface area contributed by atoms with E-state index in [2.05, 4.69) is 0 Å². The third kappa shape index (κ3) is 6.02. The van der Waals surface area contributed by atoms with Crippen LogP contribution in [0.4, 0.5) is 0 Å². The van der Waals surface area contributed by atoms with Gasteiger partial charge in [-0.05, 0) is 37.6 Å². The molecular weight excluding hydrogens is 416 g/mol. The summed E-state index contributed by atoms with van der Waals surface area (Å²) in [4.78, 5) is 25.9. The highest BCUT2D eigenvalue weighted by Crippen LogP contribution is 2.17. The standard InChI is InChI=1S/C23H26N2O5S/c1-18(26)21-9-6-10-22(17-21)30-19(2)23(27)24-12-14-25(15-13-24)31(28,29)16-11-20-7-4-3-5-8-20/h3-11,16-17,19H,12-15H2,1-2H3/b16-11+. The van der Waals surface area contributed by atoms with Crippen molar-refractivity contribution in [2.75, 3.05) is 26.2 Å². The quantitative estimate of drug-likeness (QED) is 0.616. The molecule has 0 saturated carbocycles. The number of ether oxygens (including phenoxy) is 1. The number of rotatable bonds is 7. The Morgan fingerprint density at radius 1 is 1.00 bits per heavy atom. The van der Waals surface area contributed by atoms with E-state index < -0.39 is 16.1 Å². The van der Waals surface area contributed by atoms with Crippen LogP contribution in [-0.4, -0.2) is 61.6 Å². The minimum absolute atomic E-state index is 0.0805. The molecule has 0 radical (unpaired) electrons. The summed E-state index contributed by atoms with van der Waals surface area (Å²) in [7, 11) is -3.56. The third-order valence-corrected chi connectivity index (χ3v) is 6.61. The van der Waals surface area contributed by atoms with Gasteiger partial charge in [0.25, 0.3) is 5.91 Å². The number of benzene rings is 2. The summed E-state index contributed by atoms with van der Waals surface area (Å²) in [5, 5.41) is 1.20. The molecule has 164 valence electrons. The van der Waals surface area contributed by atoms with Crippen molar-refractivity contribution in [3.63, 3.8) is 0 Å². The average Bonchev–Trinajstić information content (AvgIpc) is 2.78. The van der Waals surface area contributed by atoms with Crippen LogP contribution in [0.3, 0.4) is 0 Å². The van der Waals surface area contributed by atoms with Crippen molar-refractivity contribution in [1.82, 2.24) is 9.21 Å². The average molecular weight is 443 g/mol. The smallest absolute Gasteiger partial charge is 0.263 e. The van der Waals surface area contributed by atoms with Crippen molar-refractivity contribution in [3.05, 3.63) is 71.1 Å². The largest absolute Gasteiger partial charge is 0.481 e. The maximum Gasteiger partial charge on any atom is 0.263 e. The Hall–Kier alpha value is -2.97. The van der Waals surface area contributed by atoms with Gasteiger partial charge in [-0.3, -0.25) is 9.59 Å². The molecule has 2 aromatic carbocycles. The van der Waals surface area contributed by atoms with Crippen LogP contribution in [0.15, 0.2) is 60.0 Å². The van der Waals surface area contributed by atoms with Crippen LogP contribution in [0.1, 0.15) is 29.8 Å². The molecule has 1 fully saturated rings. The van der Waals surface area contributed by atoms with Gasteiger partial charge in [-0.2, -0.15) is 4.31 Å². The van der Waals surface area contributed by atoms with Gasteiger partial charge >= 0.3 is 0 Å². The van der Waals surface area contributed by atoms with Crippen molar-refractivity contribution < 1.29 is 22.7 Å². The molecule has 1 aliphatic heterocycles. The van der Waals surface area contributed by atoms with Gasteiger partial charge in [0.2, 0.25) is 10.0 Å². The first-order valence-corrected chi connectivity index (χ1v) is 11.6. The van der Waals surface area contributed by atoms with Crippen molar-refractivity contribution in [1.29, 1.82) is 0 Å². The molecule has 3 rings (SSSR count). The summed E-state index contributed by atoms with van der Waals surface area (Å²) in [6.45, 7) is 4.14. The summed E-state index contributed by atoms with van der Waals surface area (Å²) >= 11 is 0. The molecular formula is C23H26N2O5S. The Balaban J connectivity index is 1.56. The number of carbonyl (C=O) groups excluding carboxylic acids is 2.